The molecule has 0 N–H and O–H groups in total. The molecule has 0 aliphatic carbocycles. The molecule has 0 spiro atoms. The molecule has 0 unspecified atom stereocenters. The van der Waals surface area contributed by atoms with Crippen molar-refractivity contribution in [1.82, 2.24) is 14.0 Å². The van der Waals surface area contributed by atoms with E-state index in [0.29, 0.717) is 30.4 Å². The molecule has 32 heavy (non-hydrogen) atoms. The zero-order valence-corrected chi connectivity index (χ0v) is 19.2. The third kappa shape index (κ3) is 4.62. The predicted molar refractivity (Wildman–Crippen MR) is 117 cm³/mol. The number of benzene rings is 1. The Labute approximate surface area is 185 Å². The van der Waals surface area contributed by atoms with E-state index in [2.05, 4.69) is 0 Å². The summed E-state index contributed by atoms with van der Waals surface area (Å²) in [6, 6.07) is 4.18. The van der Waals surface area contributed by atoms with Crippen LogP contribution in [0.1, 0.15) is 26.2 Å². The number of aromatic nitrogens is 2. The van der Waals surface area contributed by atoms with Gasteiger partial charge >= 0.3 is 17.1 Å². The van der Waals surface area contributed by atoms with E-state index in [1.165, 1.54) is 41.8 Å². The molecule has 2 aromatic rings. The highest BCUT2D eigenvalue weighted by Crippen LogP contribution is 2.21. The van der Waals surface area contributed by atoms with Gasteiger partial charge < -0.3 is 18.8 Å². The number of rotatable bonds is 6. The Morgan fingerprint density at radius 1 is 1.09 bits per heavy atom. The summed E-state index contributed by atoms with van der Waals surface area (Å²) in [6.07, 6.45) is 1.07. The third-order valence-corrected chi connectivity index (χ3v) is 7.51. The summed E-state index contributed by atoms with van der Waals surface area (Å²) in [5.74, 6) is -1.47. The lowest BCUT2D eigenvalue weighted by Gasteiger charge is -2.31. The Kier molecular flexibility index (Phi) is 6.87. The highest BCUT2D eigenvalue weighted by atomic mass is 32.2. The standard InChI is InChI=1S/C21H27N3O7S/c1-4-31-21(28)14-6-5-10-24(13-14)18(25)9-11-32(29,30)15-7-8-16-17(12-15)23(3)20(27)19(26)22(16)2/h7-8,12,14H,4-6,9-11,13H2,1-3H3/t14-/m1/s1. The first-order chi connectivity index (χ1) is 15.1. The van der Waals surface area contributed by atoms with Crippen molar-refractivity contribution in [3.8, 4) is 0 Å². The molecule has 1 fully saturated rings. The molecule has 3 rings (SSSR count). The van der Waals surface area contributed by atoms with Crippen LogP contribution < -0.4 is 11.1 Å². The zero-order chi connectivity index (χ0) is 23.6. The highest BCUT2D eigenvalue weighted by Gasteiger charge is 2.30. The van der Waals surface area contributed by atoms with E-state index >= 15 is 0 Å². The number of piperidine rings is 1. The summed E-state index contributed by atoms with van der Waals surface area (Å²) >= 11 is 0. The van der Waals surface area contributed by atoms with Crippen LogP contribution in [0.5, 0.6) is 0 Å². The van der Waals surface area contributed by atoms with Crippen LogP contribution in [0.4, 0.5) is 0 Å². The molecule has 1 aromatic heterocycles. The second kappa shape index (κ2) is 9.27. The zero-order valence-electron chi connectivity index (χ0n) is 18.4. The van der Waals surface area contributed by atoms with Gasteiger partial charge in [-0.2, -0.15) is 0 Å². The van der Waals surface area contributed by atoms with Crippen molar-refractivity contribution >= 4 is 32.7 Å². The fourth-order valence-corrected chi connectivity index (χ4v) is 5.15. The molecule has 1 amide bonds. The number of ether oxygens (including phenoxy) is 1. The summed E-state index contributed by atoms with van der Waals surface area (Å²) in [4.78, 5) is 50.1. The van der Waals surface area contributed by atoms with Gasteiger partial charge in [0, 0.05) is 33.6 Å². The van der Waals surface area contributed by atoms with Crippen molar-refractivity contribution in [2.45, 2.75) is 31.1 Å². The average Bonchev–Trinajstić information content (AvgIpc) is 2.79. The molecule has 1 aromatic carbocycles. The SMILES string of the molecule is CCOC(=O)[C@@H]1CCCN(C(=O)CCS(=O)(=O)c2ccc3c(c2)n(C)c(=O)c(=O)n3C)C1. The number of aryl methyl sites for hydroxylation is 2. The molecule has 1 atom stereocenters. The lowest BCUT2D eigenvalue weighted by Crippen LogP contribution is -2.43. The van der Waals surface area contributed by atoms with Crippen LogP contribution in [0.2, 0.25) is 0 Å². The summed E-state index contributed by atoms with van der Waals surface area (Å²) in [5.41, 5.74) is -0.738. The first-order valence-electron chi connectivity index (χ1n) is 10.4. The van der Waals surface area contributed by atoms with Gasteiger partial charge in [0.15, 0.2) is 9.84 Å². The molecular formula is C21H27N3O7S. The summed E-state index contributed by atoms with van der Waals surface area (Å²) in [6.45, 7) is 2.69. The van der Waals surface area contributed by atoms with Crippen molar-refractivity contribution in [3.63, 3.8) is 0 Å². The molecule has 0 bridgehead atoms. The number of carbonyl (C=O) groups excluding carboxylic acids is 2. The monoisotopic (exact) mass is 465 g/mol. The number of likely N-dealkylation sites (tertiary alicyclic amines) is 1. The van der Waals surface area contributed by atoms with Gasteiger partial charge in [0.05, 0.1) is 34.2 Å². The Bertz CT molecular complexity index is 1280. The first-order valence-corrected chi connectivity index (χ1v) is 12.1. The second-order valence-electron chi connectivity index (χ2n) is 7.88. The number of nitrogens with zero attached hydrogens (tertiary/aromatic N) is 3. The number of carbonyl (C=O) groups is 2. The smallest absolute Gasteiger partial charge is 0.316 e. The van der Waals surface area contributed by atoms with Crippen LogP contribution in [-0.4, -0.2) is 59.8 Å². The van der Waals surface area contributed by atoms with E-state index in [4.69, 9.17) is 4.74 Å². The van der Waals surface area contributed by atoms with E-state index in [9.17, 15) is 27.6 Å². The fourth-order valence-electron chi connectivity index (χ4n) is 3.91. The van der Waals surface area contributed by atoms with Gasteiger partial charge in [-0.15, -0.1) is 0 Å². The lowest BCUT2D eigenvalue weighted by atomic mass is 9.98. The molecule has 1 aliphatic heterocycles. The number of hydrogen-bond donors (Lipinski definition) is 0. The molecule has 2 heterocycles. The maximum absolute atomic E-state index is 12.9. The van der Waals surface area contributed by atoms with Gasteiger partial charge in [-0.25, -0.2) is 8.42 Å². The van der Waals surface area contributed by atoms with Crippen LogP contribution in [0.15, 0.2) is 32.7 Å². The Morgan fingerprint density at radius 3 is 2.41 bits per heavy atom. The number of sulfone groups is 1. The summed E-state index contributed by atoms with van der Waals surface area (Å²) < 4.78 is 33.1. The van der Waals surface area contributed by atoms with Crippen molar-refractivity contribution in [2.24, 2.45) is 20.0 Å². The van der Waals surface area contributed by atoms with Crippen LogP contribution in [0, 0.1) is 5.92 Å². The van der Waals surface area contributed by atoms with Gasteiger partial charge in [0.2, 0.25) is 5.91 Å². The molecule has 0 saturated carbocycles. The number of amides is 1. The molecular weight excluding hydrogens is 438 g/mol. The molecule has 0 radical (unpaired) electrons. The Morgan fingerprint density at radius 2 is 1.75 bits per heavy atom. The highest BCUT2D eigenvalue weighted by molar-refractivity contribution is 7.91. The van der Waals surface area contributed by atoms with Gasteiger partial charge in [-0.3, -0.25) is 19.2 Å². The minimum Gasteiger partial charge on any atom is -0.466 e. The average molecular weight is 466 g/mol. The van der Waals surface area contributed by atoms with Crippen molar-refractivity contribution in [2.75, 3.05) is 25.4 Å². The van der Waals surface area contributed by atoms with Gasteiger partial charge in [-0.1, -0.05) is 0 Å². The number of hydrogen-bond acceptors (Lipinski definition) is 7. The second-order valence-corrected chi connectivity index (χ2v) is 9.99. The van der Waals surface area contributed by atoms with Crippen molar-refractivity contribution < 1.29 is 22.7 Å². The van der Waals surface area contributed by atoms with Gasteiger partial charge in [-0.05, 0) is 38.0 Å². The van der Waals surface area contributed by atoms with Gasteiger partial charge in [0.1, 0.15) is 0 Å². The Balaban J connectivity index is 1.76. The minimum atomic E-state index is -3.82. The van der Waals surface area contributed by atoms with Crippen LogP contribution in [0.25, 0.3) is 11.0 Å². The van der Waals surface area contributed by atoms with E-state index in [1.807, 2.05) is 0 Å². The Hall–Kier alpha value is -2.95. The maximum Gasteiger partial charge on any atom is 0.316 e. The van der Waals surface area contributed by atoms with E-state index in [0.717, 1.165) is 4.57 Å². The van der Waals surface area contributed by atoms with E-state index < -0.39 is 32.6 Å². The van der Waals surface area contributed by atoms with Crippen LogP contribution in [-0.2, 0) is 38.3 Å². The quantitative estimate of drug-likeness (QED) is 0.441. The maximum atomic E-state index is 12.9. The molecule has 1 aliphatic rings. The molecule has 10 nitrogen and oxygen atoms in total. The fraction of sp³-hybridized carbons (Fsp3) is 0.524. The molecule has 11 heteroatoms. The normalized spacial score (nSPS) is 16.8. The van der Waals surface area contributed by atoms with Crippen LogP contribution in [0.3, 0.4) is 0 Å². The topological polar surface area (TPSA) is 125 Å². The lowest BCUT2D eigenvalue weighted by molar-refractivity contribution is -0.151. The molecule has 174 valence electrons. The van der Waals surface area contributed by atoms with E-state index in [1.54, 1.807) is 6.92 Å². The number of esters is 1. The summed E-state index contributed by atoms with van der Waals surface area (Å²) in [5, 5.41) is 0. The third-order valence-electron chi connectivity index (χ3n) is 5.80. The van der Waals surface area contributed by atoms with Crippen molar-refractivity contribution in [1.29, 1.82) is 0 Å². The number of fused-ring (bicyclic) bond motifs is 1. The predicted octanol–water partition coefficient (Wildman–Crippen LogP) is 0.203. The largest absolute Gasteiger partial charge is 0.466 e. The van der Waals surface area contributed by atoms with Crippen molar-refractivity contribution in [3.05, 3.63) is 38.9 Å². The van der Waals surface area contributed by atoms with E-state index in [-0.39, 0.29) is 36.3 Å². The minimum absolute atomic E-state index is 0.0329. The van der Waals surface area contributed by atoms with Crippen LogP contribution >= 0.6 is 0 Å². The van der Waals surface area contributed by atoms with Gasteiger partial charge in [0.25, 0.3) is 0 Å². The molecule has 1 saturated heterocycles. The summed E-state index contributed by atoms with van der Waals surface area (Å²) in [7, 11) is -0.968. The first kappa shape index (κ1) is 23.7.